The van der Waals surface area contributed by atoms with Crippen LogP contribution in [0.2, 0.25) is 0 Å². The molecule has 0 rings (SSSR count). The smallest absolute Gasteiger partial charge is 0.00892 e. The largest absolute Gasteiger partial charge is 0.251 e. The van der Waals surface area contributed by atoms with Gasteiger partial charge in [-0.3, -0.25) is 4.31 Å². The number of hydrogen-bond donors (Lipinski definition) is 0. The highest BCUT2D eigenvalue weighted by Gasteiger charge is 2.02. The van der Waals surface area contributed by atoms with Crippen LogP contribution in [0.3, 0.4) is 0 Å². The second-order valence-corrected chi connectivity index (χ2v) is 4.65. The van der Waals surface area contributed by atoms with Gasteiger partial charge in [-0.2, -0.15) is 0 Å². The van der Waals surface area contributed by atoms with Crippen molar-refractivity contribution in [3.63, 3.8) is 0 Å². The maximum atomic E-state index is 2.55. The summed E-state index contributed by atoms with van der Waals surface area (Å²) < 4.78 is 2.55. The van der Waals surface area contributed by atoms with Crippen LogP contribution in [0.5, 0.6) is 0 Å². The van der Waals surface area contributed by atoms with E-state index < -0.39 is 0 Å². The lowest BCUT2D eigenvalue weighted by atomic mass is 10.3. The van der Waals surface area contributed by atoms with Crippen molar-refractivity contribution in [1.82, 2.24) is 4.31 Å². The van der Waals surface area contributed by atoms with Gasteiger partial charge in [0.1, 0.15) is 0 Å². The lowest BCUT2D eigenvalue weighted by Crippen LogP contribution is -2.18. The number of rotatable bonds is 9. The minimum Gasteiger partial charge on any atom is -0.251 e. The molecule has 80 valence electrons. The highest BCUT2D eigenvalue weighted by Crippen LogP contribution is 2.13. The van der Waals surface area contributed by atoms with E-state index in [1.807, 2.05) is 11.9 Å². The van der Waals surface area contributed by atoms with Crippen molar-refractivity contribution in [3.05, 3.63) is 0 Å². The molecule has 0 heterocycles. The Morgan fingerprint density at radius 3 is 1.77 bits per heavy atom. The Kier molecular flexibility index (Phi) is 10.6. The molecule has 0 amide bonds. The molecule has 0 aliphatic heterocycles. The molecule has 0 aliphatic rings. The van der Waals surface area contributed by atoms with Crippen molar-refractivity contribution < 1.29 is 0 Å². The number of nitrogens with zero attached hydrogens (tertiary/aromatic N) is 1. The summed E-state index contributed by atoms with van der Waals surface area (Å²) in [5, 5.41) is 0. The van der Waals surface area contributed by atoms with E-state index in [1.54, 1.807) is 0 Å². The van der Waals surface area contributed by atoms with Crippen molar-refractivity contribution in [1.29, 1.82) is 0 Å². The summed E-state index contributed by atoms with van der Waals surface area (Å²) in [6.07, 6.45) is 6.62. The number of unbranched alkanes of at least 4 members (excludes halogenated alkanes) is 2. The maximum absolute atomic E-state index is 2.55. The molecule has 2 heteroatoms. The van der Waals surface area contributed by atoms with Crippen molar-refractivity contribution in [2.75, 3.05) is 18.8 Å². The minimum absolute atomic E-state index is 1.28. The molecule has 0 aliphatic carbocycles. The summed E-state index contributed by atoms with van der Waals surface area (Å²) in [4.78, 5) is 0. The fourth-order valence-corrected chi connectivity index (χ4v) is 2.09. The number of hydrogen-bond acceptors (Lipinski definition) is 2. The molecule has 0 bridgehead atoms. The highest BCUT2D eigenvalue weighted by molar-refractivity contribution is 7.97. The molecule has 0 saturated carbocycles. The lowest BCUT2D eigenvalue weighted by Gasteiger charge is -2.20. The Morgan fingerprint density at radius 1 is 0.846 bits per heavy atom. The summed E-state index contributed by atoms with van der Waals surface area (Å²) in [5.41, 5.74) is 0. The quantitative estimate of drug-likeness (QED) is 0.522. The van der Waals surface area contributed by atoms with E-state index in [0.717, 1.165) is 0 Å². The van der Waals surface area contributed by atoms with Crippen LogP contribution in [0, 0.1) is 0 Å². The maximum Gasteiger partial charge on any atom is 0.00892 e. The van der Waals surface area contributed by atoms with E-state index in [4.69, 9.17) is 0 Å². The van der Waals surface area contributed by atoms with Crippen LogP contribution in [0.25, 0.3) is 0 Å². The molecule has 1 nitrogen and oxygen atoms in total. The SMILES string of the molecule is CCCCN(CCCC)SCCC. The van der Waals surface area contributed by atoms with Gasteiger partial charge < -0.3 is 0 Å². The third kappa shape index (κ3) is 8.63. The summed E-state index contributed by atoms with van der Waals surface area (Å²) in [5.74, 6) is 1.29. The van der Waals surface area contributed by atoms with Gasteiger partial charge in [-0.05, 0) is 19.3 Å². The third-order valence-corrected chi connectivity index (χ3v) is 3.32. The van der Waals surface area contributed by atoms with Crippen LogP contribution in [-0.2, 0) is 0 Å². The first kappa shape index (κ1) is 13.3. The predicted molar refractivity (Wildman–Crippen MR) is 64.1 cm³/mol. The monoisotopic (exact) mass is 203 g/mol. The van der Waals surface area contributed by atoms with Crippen LogP contribution in [0.1, 0.15) is 52.9 Å². The molecule has 0 atom stereocenters. The Labute approximate surface area is 88.4 Å². The van der Waals surface area contributed by atoms with Crippen LogP contribution in [0.4, 0.5) is 0 Å². The first-order valence-electron chi connectivity index (χ1n) is 5.73. The summed E-state index contributed by atoms with van der Waals surface area (Å²) in [6.45, 7) is 9.35. The third-order valence-electron chi connectivity index (χ3n) is 2.00. The standard InChI is InChI=1S/C11H25NS/c1-4-7-9-12(10-8-5-2)13-11-6-3/h4-11H2,1-3H3. The van der Waals surface area contributed by atoms with Crippen LogP contribution in [0.15, 0.2) is 0 Å². The Balaban J connectivity index is 3.47. The molecule has 13 heavy (non-hydrogen) atoms. The zero-order chi connectivity index (χ0) is 9.94. The molecule has 0 N–H and O–H groups in total. The second-order valence-electron chi connectivity index (χ2n) is 3.47. The molecule has 0 aromatic rings. The van der Waals surface area contributed by atoms with Gasteiger partial charge >= 0.3 is 0 Å². The normalized spacial score (nSPS) is 11.1. The summed E-state index contributed by atoms with van der Waals surface area (Å²) in [6, 6.07) is 0. The van der Waals surface area contributed by atoms with Gasteiger partial charge in [0.2, 0.25) is 0 Å². The molecule has 0 fully saturated rings. The average Bonchev–Trinajstić information content (AvgIpc) is 2.17. The zero-order valence-electron chi connectivity index (χ0n) is 9.51. The zero-order valence-corrected chi connectivity index (χ0v) is 10.3. The Bertz CT molecular complexity index is 77.1. The molecule has 0 saturated heterocycles. The fraction of sp³-hybridized carbons (Fsp3) is 1.00. The van der Waals surface area contributed by atoms with E-state index in [0.29, 0.717) is 0 Å². The van der Waals surface area contributed by atoms with E-state index in [9.17, 15) is 0 Å². The Morgan fingerprint density at radius 2 is 1.38 bits per heavy atom. The molecular weight excluding hydrogens is 178 g/mol. The Hall–Kier alpha value is 0.310. The summed E-state index contributed by atoms with van der Waals surface area (Å²) in [7, 11) is 0. The minimum atomic E-state index is 1.28. The van der Waals surface area contributed by atoms with E-state index in [-0.39, 0.29) is 0 Å². The molecular formula is C11H25NS. The second kappa shape index (κ2) is 10.4. The molecule has 0 aromatic carbocycles. The van der Waals surface area contributed by atoms with Crippen molar-refractivity contribution in [2.24, 2.45) is 0 Å². The van der Waals surface area contributed by atoms with Gasteiger partial charge in [-0.15, -0.1) is 0 Å². The first-order chi connectivity index (χ1) is 6.35. The van der Waals surface area contributed by atoms with Crippen LogP contribution < -0.4 is 0 Å². The highest BCUT2D eigenvalue weighted by atomic mass is 32.2. The van der Waals surface area contributed by atoms with Crippen molar-refractivity contribution >= 4 is 11.9 Å². The fourth-order valence-electron chi connectivity index (χ4n) is 1.13. The lowest BCUT2D eigenvalue weighted by molar-refractivity contribution is 0.444. The van der Waals surface area contributed by atoms with Crippen molar-refractivity contribution in [2.45, 2.75) is 52.9 Å². The first-order valence-corrected chi connectivity index (χ1v) is 6.67. The average molecular weight is 203 g/mol. The van der Waals surface area contributed by atoms with E-state index >= 15 is 0 Å². The molecule has 0 spiro atoms. The van der Waals surface area contributed by atoms with Crippen LogP contribution >= 0.6 is 11.9 Å². The van der Waals surface area contributed by atoms with E-state index in [2.05, 4.69) is 25.1 Å². The molecule has 0 unspecified atom stereocenters. The van der Waals surface area contributed by atoms with Gasteiger partial charge in [0.15, 0.2) is 0 Å². The van der Waals surface area contributed by atoms with Gasteiger partial charge in [-0.1, -0.05) is 45.6 Å². The van der Waals surface area contributed by atoms with Gasteiger partial charge in [0.05, 0.1) is 0 Å². The van der Waals surface area contributed by atoms with Gasteiger partial charge in [0.25, 0.3) is 0 Å². The molecule has 0 aromatic heterocycles. The summed E-state index contributed by atoms with van der Waals surface area (Å²) >= 11 is 2.03. The van der Waals surface area contributed by atoms with Gasteiger partial charge in [-0.25, -0.2) is 0 Å². The van der Waals surface area contributed by atoms with Gasteiger partial charge in [0, 0.05) is 18.8 Å². The predicted octanol–water partition coefficient (Wildman–Crippen LogP) is 3.95. The topological polar surface area (TPSA) is 3.24 Å². The van der Waals surface area contributed by atoms with Crippen LogP contribution in [-0.4, -0.2) is 23.1 Å². The molecule has 0 radical (unpaired) electrons. The van der Waals surface area contributed by atoms with Crippen molar-refractivity contribution in [3.8, 4) is 0 Å². The van der Waals surface area contributed by atoms with E-state index in [1.165, 1.54) is 50.9 Å².